The molecule has 38 heavy (non-hydrogen) atoms. The average molecular weight is 534 g/mol. The SMILES string of the molecule is O=C(CC1CCC(O)CC1)Nc1cc(-c2ccc3ncnn3c2)cc2c1C(c1cc(F)ccc1Cl)NC2=O. The van der Waals surface area contributed by atoms with Gasteiger partial charge in [-0.3, -0.25) is 9.59 Å². The van der Waals surface area contributed by atoms with Crippen LogP contribution in [-0.4, -0.2) is 37.6 Å². The van der Waals surface area contributed by atoms with Crippen LogP contribution in [0.25, 0.3) is 16.8 Å². The number of aliphatic hydroxyl groups excluding tert-OH is 1. The number of rotatable bonds is 5. The molecule has 8 nitrogen and oxygen atoms in total. The number of hydrogen-bond donors (Lipinski definition) is 3. The zero-order valence-corrected chi connectivity index (χ0v) is 21.1. The minimum Gasteiger partial charge on any atom is -0.393 e. The van der Waals surface area contributed by atoms with Crippen molar-refractivity contribution in [1.29, 1.82) is 0 Å². The van der Waals surface area contributed by atoms with Gasteiger partial charge in [0, 0.05) is 45.6 Å². The first-order chi connectivity index (χ1) is 18.4. The third-order valence-electron chi connectivity index (χ3n) is 7.43. The minimum absolute atomic E-state index is 0.178. The number of halogens is 2. The quantitative estimate of drug-likeness (QED) is 0.338. The first-order valence-corrected chi connectivity index (χ1v) is 12.9. The highest BCUT2D eigenvalue weighted by Crippen LogP contribution is 2.42. The van der Waals surface area contributed by atoms with Crippen molar-refractivity contribution in [3.8, 4) is 11.1 Å². The fourth-order valence-electron chi connectivity index (χ4n) is 5.47. The number of fused-ring (bicyclic) bond motifs is 2. The molecule has 0 saturated heterocycles. The van der Waals surface area contributed by atoms with Crippen molar-refractivity contribution in [2.45, 2.75) is 44.2 Å². The Hall–Kier alpha value is -3.82. The van der Waals surface area contributed by atoms with Gasteiger partial charge in [-0.2, -0.15) is 5.10 Å². The average Bonchev–Trinajstić information content (AvgIpc) is 3.51. The molecule has 2 aliphatic rings. The number of aliphatic hydroxyl groups is 1. The number of aromatic nitrogens is 3. The van der Waals surface area contributed by atoms with Crippen LogP contribution in [0.2, 0.25) is 5.02 Å². The summed E-state index contributed by atoms with van der Waals surface area (Å²) in [6.45, 7) is 0. The predicted octanol–water partition coefficient (Wildman–Crippen LogP) is 4.90. The number of anilines is 1. The first kappa shape index (κ1) is 24.5. The largest absolute Gasteiger partial charge is 0.393 e. The lowest BCUT2D eigenvalue weighted by molar-refractivity contribution is -0.117. The number of pyridine rings is 1. The molecule has 1 fully saturated rings. The van der Waals surface area contributed by atoms with Crippen LogP contribution >= 0.6 is 11.6 Å². The third kappa shape index (κ3) is 4.63. The number of carbonyl (C=O) groups is 2. The van der Waals surface area contributed by atoms with Crippen molar-refractivity contribution in [3.63, 3.8) is 0 Å². The van der Waals surface area contributed by atoms with Gasteiger partial charge in [0.2, 0.25) is 5.91 Å². The number of nitrogens with zero attached hydrogens (tertiary/aromatic N) is 3. The number of nitrogens with one attached hydrogen (secondary N) is 2. The Bertz CT molecular complexity index is 1560. The van der Waals surface area contributed by atoms with Crippen molar-refractivity contribution in [2.75, 3.05) is 5.32 Å². The number of hydrogen-bond acceptors (Lipinski definition) is 5. The molecule has 0 radical (unpaired) electrons. The first-order valence-electron chi connectivity index (χ1n) is 12.6. The van der Waals surface area contributed by atoms with Crippen LogP contribution in [0.3, 0.4) is 0 Å². The van der Waals surface area contributed by atoms with E-state index in [0.717, 1.165) is 18.4 Å². The van der Waals surface area contributed by atoms with Gasteiger partial charge in [0.15, 0.2) is 5.65 Å². The summed E-state index contributed by atoms with van der Waals surface area (Å²) in [6.07, 6.45) is 6.21. The van der Waals surface area contributed by atoms with Crippen LogP contribution in [0, 0.1) is 11.7 Å². The second-order valence-electron chi connectivity index (χ2n) is 9.96. The molecule has 6 rings (SSSR count). The van der Waals surface area contributed by atoms with E-state index < -0.39 is 11.9 Å². The molecule has 0 bridgehead atoms. The Kier molecular flexibility index (Phi) is 6.33. The predicted molar refractivity (Wildman–Crippen MR) is 140 cm³/mol. The molecule has 1 saturated carbocycles. The van der Waals surface area contributed by atoms with E-state index in [9.17, 15) is 19.1 Å². The fourth-order valence-corrected chi connectivity index (χ4v) is 5.70. The van der Waals surface area contributed by atoms with Crippen molar-refractivity contribution in [3.05, 3.63) is 82.5 Å². The standard InChI is InChI=1S/C28H25ClFN5O3/c29-22-7-4-18(30)12-20(22)27-26-21(28(38)34-27)10-17(16-3-8-24-31-14-32-35(24)13-16)11-23(26)33-25(37)9-15-1-5-19(36)6-2-15/h3-4,7-8,10-15,19,27,36H,1-2,5-6,9H2,(H,33,37)(H,34,38). The van der Waals surface area contributed by atoms with Gasteiger partial charge in [0.05, 0.1) is 12.1 Å². The van der Waals surface area contributed by atoms with Gasteiger partial charge in [0.25, 0.3) is 5.91 Å². The lowest BCUT2D eigenvalue weighted by atomic mass is 9.85. The van der Waals surface area contributed by atoms with Crippen LogP contribution in [0.4, 0.5) is 10.1 Å². The zero-order chi connectivity index (χ0) is 26.4. The molecule has 4 aromatic rings. The van der Waals surface area contributed by atoms with E-state index in [0.29, 0.717) is 57.9 Å². The molecule has 3 N–H and O–H groups in total. The lowest BCUT2D eigenvalue weighted by Gasteiger charge is -2.25. The fraction of sp³-hybridized carbons (Fsp3) is 0.286. The van der Waals surface area contributed by atoms with Gasteiger partial charge in [-0.25, -0.2) is 13.9 Å². The number of carbonyl (C=O) groups excluding carboxylic acids is 2. The normalized spacial score (nSPS) is 20.8. The highest BCUT2D eigenvalue weighted by molar-refractivity contribution is 6.31. The molecule has 2 amide bonds. The van der Waals surface area contributed by atoms with Crippen molar-refractivity contribution in [1.82, 2.24) is 19.9 Å². The molecule has 2 aromatic carbocycles. The van der Waals surface area contributed by atoms with E-state index in [-0.39, 0.29) is 23.8 Å². The molecule has 10 heteroatoms. The van der Waals surface area contributed by atoms with E-state index in [2.05, 4.69) is 20.7 Å². The minimum atomic E-state index is -0.729. The highest BCUT2D eigenvalue weighted by Gasteiger charge is 2.35. The maximum atomic E-state index is 14.2. The van der Waals surface area contributed by atoms with E-state index >= 15 is 0 Å². The zero-order valence-electron chi connectivity index (χ0n) is 20.3. The highest BCUT2D eigenvalue weighted by atomic mass is 35.5. The van der Waals surface area contributed by atoms with Crippen molar-refractivity contribution >= 4 is 34.7 Å². The Balaban J connectivity index is 1.42. The summed E-state index contributed by atoms with van der Waals surface area (Å²) in [6, 6.07) is 10.6. The topological polar surface area (TPSA) is 109 Å². The van der Waals surface area contributed by atoms with Crippen molar-refractivity contribution < 1.29 is 19.1 Å². The lowest BCUT2D eigenvalue weighted by Crippen LogP contribution is -2.24. The van der Waals surface area contributed by atoms with Crippen LogP contribution in [-0.2, 0) is 4.79 Å². The maximum absolute atomic E-state index is 14.2. The molecule has 1 atom stereocenters. The third-order valence-corrected chi connectivity index (χ3v) is 7.77. The molecule has 2 aromatic heterocycles. The van der Waals surface area contributed by atoms with Gasteiger partial charge in [-0.15, -0.1) is 0 Å². The van der Waals surface area contributed by atoms with Crippen molar-refractivity contribution in [2.24, 2.45) is 5.92 Å². The molecule has 0 spiro atoms. The van der Waals surface area contributed by atoms with E-state index in [1.54, 1.807) is 16.8 Å². The van der Waals surface area contributed by atoms with Crippen LogP contribution in [0.15, 0.2) is 55.0 Å². The summed E-state index contributed by atoms with van der Waals surface area (Å²) in [4.78, 5) is 30.6. The Morgan fingerprint density at radius 1 is 1.13 bits per heavy atom. The number of benzene rings is 2. The van der Waals surface area contributed by atoms with E-state index in [1.165, 1.54) is 24.5 Å². The molecule has 1 aliphatic heterocycles. The molecule has 3 heterocycles. The molecule has 1 aliphatic carbocycles. The summed E-state index contributed by atoms with van der Waals surface area (Å²) < 4.78 is 15.8. The molecule has 194 valence electrons. The summed E-state index contributed by atoms with van der Waals surface area (Å²) >= 11 is 6.42. The Morgan fingerprint density at radius 3 is 2.76 bits per heavy atom. The van der Waals surface area contributed by atoms with Gasteiger partial charge >= 0.3 is 0 Å². The van der Waals surface area contributed by atoms with Crippen LogP contribution < -0.4 is 10.6 Å². The molecule has 1 unspecified atom stereocenters. The van der Waals surface area contributed by atoms with E-state index in [1.807, 2.05) is 18.2 Å². The summed E-state index contributed by atoms with van der Waals surface area (Å²) in [5, 5.41) is 20.3. The molecular weight excluding hydrogens is 509 g/mol. The van der Waals surface area contributed by atoms with Crippen LogP contribution in [0.5, 0.6) is 0 Å². The molecular formula is C28H25ClFN5O3. The van der Waals surface area contributed by atoms with E-state index in [4.69, 9.17) is 11.6 Å². The Labute approximate surface area is 222 Å². The van der Waals surface area contributed by atoms with Gasteiger partial charge in [0.1, 0.15) is 12.1 Å². The maximum Gasteiger partial charge on any atom is 0.252 e. The van der Waals surface area contributed by atoms with Gasteiger partial charge < -0.3 is 15.7 Å². The van der Waals surface area contributed by atoms with Gasteiger partial charge in [-0.05, 0) is 79.6 Å². The summed E-state index contributed by atoms with van der Waals surface area (Å²) in [7, 11) is 0. The second kappa shape index (κ2) is 9.81. The smallest absolute Gasteiger partial charge is 0.252 e. The van der Waals surface area contributed by atoms with Crippen LogP contribution in [0.1, 0.15) is 59.6 Å². The number of amides is 2. The second-order valence-corrected chi connectivity index (χ2v) is 10.4. The monoisotopic (exact) mass is 533 g/mol. The Morgan fingerprint density at radius 2 is 1.95 bits per heavy atom. The summed E-state index contributed by atoms with van der Waals surface area (Å²) in [5.41, 5.74) is 3.96. The van der Waals surface area contributed by atoms with Gasteiger partial charge in [-0.1, -0.05) is 11.6 Å². The summed E-state index contributed by atoms with van der Waals surface area (Å²) in [5.74, 6) is -0.820.